The van der Waals surface area contributed by atoms with E-state index in [4.69, 9.17) is 10.5 Å². The summed E-state index contributed by atoms with van der Waals surface area (Å²) in [4.78, 5) is 0. The number of hydrogen-bond acceptors (Lipinski definition) is 3. The van der Waals surface area contributed by atoms with Crippen LogP contribution in [0.1, 0.15) is 39.5 Å². The number of nitrogens with zero attached hydrogens (tertiary/aromatic N) is 2. The van der Waals surface area contributed by atoms with Gasteiger partial charge in [-0.3, -0.25) is 0 Å². The molecule has 3 nitrogen and oxygen atoms in total. The van der Waals surface area contributed by atoms with Gasteiger partial charge in [-0.2, -0.15) is 5.26 Å². The topological polar surface area (TPSA) is 56.4 Å². The van der Waals surface area contributed by atoms with Gasteiger partial charge in [-0.25, -0.2) is 0 Å². The fourth-order valence-electron chi connectivity index (χ4n) is 3.43. The summed E-state index contributed by atoms with van der Waals surface area (Å²) in [6.45, 7) is 4.32. The summed E-state index contributed by atoms with van der Waals surface area (Å²) >= 11 is 0. The van der Waals surface area contributed by atoms with E-state index in [0.29, 0.717) is 12.3 Å². The lowest BCUT2D eigenvalue weighted by atomic mass is 9.67. The number of fused-ring (bicyclic) bond motifs is 2. The summed E-state index contributed by atoms with van der Waals surface area (Å²) in [5, 5.41) is 21.3. The average molecular weight is 192 g/mol. The van der Waals surface area contributed by atoms with Crippen molar-refractivity contribution < 1.29 is 5.21 Å². The SMILES string of the molecule is C[C@]12CC[C@H](C/C1=N/O)[C@@]2(C)CC#N. The van der Waals surface area contributed by atoms with E-state index < -0.39 is 0 Å². The molecule has 0 aromatic carbocycles. The molecule has 0 spiro atoms. The van der Waals surface area contributed by atoms with Crippen molar-refractivity contribution in [2.75, 3.05) is 0 Å². The maximum absolute atomic E-state index is 8.96. The second-order valence-electron chi connectivity index (χ2n) is 5.07. The first kappa shape index (κ1) is 9.51. The molecule has 2 rings (SSSR count). The van der Waals surface area contributed by atoms with Crippen LogP contribution in [-0.4, -0.2) is 10.9 Å². The predicted octanol–water partition coefficient (Wildman–Crippen LogP) is 2.56. The van der Waals surface area contributed by atoms with Gasteiger partial charge in [0.15, 0.2) is 0 Å². The Labute approximate surface area is 84.4 Å². The molecule has 1 N–H and O–H groups in total. The number of rotatable bonds is 1. The fourth-order valence-corrected chi connectivity index (χ4v) is 3.43. The normalized spacial score (nSPS) is 48.4. The van der Waals surface area contributed by atoms with Crippen LogP contribution in [0.4, 0.5) is 0 Å². The highest BCUT2D eigenvalue weighted by Crippen LogP contribution is 2.65. The summed E-state index contributed by atoms with van der Waals surface area (Å²) in [6.07, 6.45) is 3.70. The van der Waals surface area contributed by atoms with Crippen molar-refractivity contribution in [1.29, 1.82) is 5.26 Å². The molecule has 3 atom stereocenters. The molecule has 3 heteroatoms. The van der Waals surface area contributed by atoms with E-state index >= 15 is 0 Å². The molecule has 0 saturated heterocycles. The second-order valence-corrected chi connectivity index (χ2v) is 5.07. The standard InChI is InChI=1S/C11H16N2O/c1-10(5-6-12)8-3-4-11(10,2)9(7-8)13-14/h8,14H,3-5,7H2,1-2H3/b13-9-/t8-,10-,11+/m1/s1. The first-order chi connectivity index (χ1) is 6.58. The Morgan fingerprint density at radius 1 is 1.64 bits per heavy atom. The number of oxime groups is 1. The summed E-state index contributed by atoms with van der Waals surface area (Å²) < 4.78 is 0. The van der Waals surface area contributed by atoms with E-state index in [9.17, 15) is 0 Å². The highest BCUT2D eigenvalue weighted by molar-refractivity contribution is 5.93. The predicted molar refractivity (Wildman–Crippen MR) is 53.0 cm³/mol. The van der Waals surface area contributed by atoms with E-state index in [-0.39, 0.29) is 10.8 Å². The Bertz CT molecular complexity index is 331. The molecule has 0 aromatic rings. The van der Waals surface area contributed by atoms with Crippen molar-refractivity contribution in [3.8, 4) is 6.07 Å². The Balaban J connectivity index is 2.43. The van der Waals surface area contributed by atoms with Gasteiger partial charge < -0.3 is 5.21 Å². The van der Waals surface area contributed by atoms with Crippen molar-refractivity contribution in [1.82, 2.24) is 0 Å². The van der Waals surface area contributed by atoms with Crippen LogP contribution in [0.25, 0.3) is 0 Å². The van der Waals surface area contributed by atoms with Crippen molar-refractivity contribution >= 4 is 5.71 Å². The average Bonchev–Trinajstić information content (AvgIpc) is 2.51. The zero-order valence-corrected chi connectivity index (χ0v) is 8.75. The van der Waals surface area contributed by atoms with Crippen LogP contribution in [0.15, 0.2) is 5.16 Å². The summed E-state index contributed by atoms with van der Waals surface area (Å²) in [7, 11) is 0. The molecule has 2 aliphatic carbocycles. The van der Waals surface area contributed by atoms with Gasteiger partial charge in [-0.15, -0.1) is 0 Å². The molecule has 14 heavy (non-hydrogen) atoms. The van der Waals surface area contributed by atoms with E-state index in [1.54, 1.807) is 0 Å². The minimum absolute atomic E-state index is 0.0311. The Hall–Kier alpha value is -1.04. The van der Waals surface area contributed by atoms with Gasteiger partial charge in [0, 0.05) is 11.8 Å². The highest BCUT2D eigenvalue weighted by atomic mass is 16.4. The third-order valence-corrected chi connectivity index (χ3v) is 4.80. The quantitative estimate of drug-likeness (QED) is 0.512. The Morgan fingerprint density at radius 2 is 2.36 bits per heavy atom. The van der Waals surface area contributed by atoms with Crippen LogP contribution < -0.4 is 0 Å². The van der Waals surface area contributed by atoms with Crippen LogP contribution in [0.5, 0.6) is 0 Å². The molecule has 0 aliphatic heterocycles. The van der Waals surface area contributed by atoms with Crippen LogP contribution >= 0.6 is 0 Å². The molecule has 76 valence electrons. The minimum Gasteiger partial charge on any atom is -0.411 e. The van der Waals surface area contributed by atoms with E-state index in [1.807, 2.05) is 0 Å². The summed E-state index contributed by atoms with van der Waals surface area (Å²) in [5.74, 6) is 0.540. The molecule has 2 bridgehead atoms. The second kappa shape index (κ2) is 2.73. The molecule has 2 saturated carbocycles. The first-order valence-electron chi connectivity index (χ1n) is 5.17. The lowest BCUT2D eigenvalue weighted by molar-refractivity contribution is 0.168. The zero-order valence-electron chi connectivity index (χ0n) is 8.75. The van der Waals surface area contributed by atoms with E-state index in [0.717, 1.165) is 18.6 Å². The maximum Gasteiger partial charge on any atom is 0.0638 e. The molecule has 0 amide bonds. The van der Waals surface area contributed by atoms with Crippen LogP contribution in [-0.2, 0) is 0 Å². The summed E-state index contributed by atoms with van der Waals surface area (Å²) in [5.41, 5.74) is 0.900. The van der Waals surface area contributed by atoms with Gasteiger partial charge in [0.1, 0.15) is 0 Å². The van der Waals surface area contributed by atoms with E-state index in [1.165, 1.54) is 6.42 Å². The third-order valence-electron chi connectivity index (χ3n) is 4.80. The monoisotopic (exact) mass is 192 g/mol. The Kier molecular flexibility index (Phi) is 1.85. The van der Waals surface area contributed by atoms with Crippen molar-refractivity contribution in [3.05, 3.63) is 0 Å². The maximum atomic E-state index is 8.96. The first-order valence-corrected chi connectivity index (χ1v) is 5.17. The van der Waals surface area contributed by atoms with Crippen LogP contribution in [0.3, 0.4) is 0 Å². The van der Waals surface area contributed by atoms with Crippen LogP contribution in [0, 0.1) is 28.1 Å². The molecule has 0 aromatic heterocycles. The zero-order chi connectivity index (χ0) is 10.4. The molecule has 0 unspecified atom stereocenters. The molecular formula is C11H16N2O. The number of hydrogen-bond donors (Lipinski definition) is 1. The van der Waals surface area contributed by atoms with Gasteiger partial charge in [0.05, 0.1) is 11.8 Å². The lowest BCUT2D eigenvalue weighted by Gasteiger charge is -2.35. The van der Waals surface area contributed by atoms with Crippen molar-refractivity contribution in [3.63, 3.8) is 0 Å². The van der Waals surface area contributed by atoms with Gasteiger partial charge in [-0.1, -0.05) is 19.0 Å². The third kappa shape index (κ3) is 0.841. The van der Waals surface area contributed by atoms with Crippen molar-refractivity contribution in [2.45, 2.75) is 39.5 Å². The molecule has 0 heterocycles. The molecular weight excluding hydrogens is 176 g/mol. The van der Waals surface area contributed by atoms with Gasteiger partial charge in [0.2, 0.25) is 0 Å². The lowest BCUT2D eigenvalue weighted by Crippen LogP contribution is -2.34. The minimum atomic E-state index is -0.0395. The Morgan fingerprint density at radius 3 is 2.86 bits per heavy atom. The molecule has 2 aliphatic rings. The van der Waals surface area contributed by atoms with Gasteiger partial charge in [-0.05, 0) is 30.6 Å². The smallest absolute Gasteiger partial charge is 0.0638 e. The number of nitriles is 1. The highest BCUT2D eigenvalue weighted by Gasteiger charge is 2.62. The van der Waals surface area contributed by atoms with Gasteiger partial charge >= 0.3 is 0 Å². The molecule has 0 radical (unpaired) electrons. The van der Waals surface area contributed by atoms with E-state index in [2.05, 4.69) is 25.1 Å². The summed E-state index contributed by atoms with van der Waals surface area (Å²) in [6, 6.07) is 2.28. The van der Waals surface area contributed by atoms with Gasteiger partial charge in [0.25, 0.3) is 0 Å². The largest absolute Gasteiger partial charge is 0.411 e. The molecule has 2 fully saturated rings. The van der Waals surface area contributed by atoms with Crippen LogP contribution in [0.2, 0.25) is 0 Å². The van der Waals surface area contributed by atoms with Crippen molar-refractivity contribution in [2.24, 2.45) is 21.9 Å². The fraction of sp³-hybridized carbons (Fsp3) is 0.818.